The van der Waals surface area contributed by atoms with Gasteiger partial charge in [-0.3, -0.25) is 9.36 Å². The smallest absolute Gasteiger partial charge is 0.358 e. The Morgan fingerprint density at radius 3 is 2.63 bits per heavy atom. The number of carbonyl (C=O) groups is 1. The topological polar surface area (TPSA) is 93.3 Å². The predicted octanol–water partition coefficient (Wildman–Crippen LogP) is 0.679. The van der Waals surface area contributed by atoms with Gasteiger partial charge in [0.15, 0.2) is 0 Å². The number of aryl methyl sites for hydroxylation is 1. The molecule has 1 aromatic rings. The van der Waals surface area contributed by atoms with Crippen molar-refractivity contribution in [2.24, 2.45) is 7.05 Å². The van der Waals surface area contributed by atoms with Crippen LogP contribution in [0.5, 0.6) is 0 Å². The monoisotopic (exact) mass is 269 g/mol. The molecular formula is C11H19N5O3. The molecule has 0 spiro atoms. The predicted molar refractivity (Wildman–Crippen MR) is 71.0 cm³/mol. The number of anilines is 1. The molecule has 0 saturated heterocycles. The quantitative estimate of drug-likeness (QED) is 0.640. The molecule has 0 aliphatic rings. The van der Waals surface area contributed by atoms with Crippen molar-refractivity contribution in [1.82, 2.24) is 14.9 Å². The number of nitrogens with zero attached hydrogens (tertiary/aromatic N) is 4. The van der Waals surface area contributed by atoms with Crippen LogP contribution < -0.4 is 10.2 Å². The van der Waals surface area contributed by atoms with Gasteiger partial charge in [0.05, 0.1) is 6.54 Å². The summed E-state index contributed by atoms with van der Waals surface area (Å²) in [5, 5.41) is 13.7. The number of rotatable bonds is 4. The van der Waals surface area contributed by atoms with Gasteiger partial charge in [-0.1, -0.05) is 0 Å². The first-order valence-corrected chi connectivity index (χ1v) is 5.79. The van der Waals surface area contributed by atoms with Gasteiger partial charge in [-0.15, -0.1) is 0 Å². The number of amides is 1. The molecule has 1 heterocycles. The van der Waals surface area contributed by atoms with E-state index in [9.17, 15) is 14.9 Å². The van der Waals surface area contributed by atoms with Gasteiger partial charge in [0.1, 0.15) is 0 Å². The Hall–Kier alpha value is -2.12. The average Bonchev–Trinajstić information content (AvgIpc) is 2.56. The van der Waals surface area contributed by atoms with Crippen molar-refractivity contribution in [2.75, 3.05) is 18.5 Å². The zero-order valence-electron chi connectivity index (χ0n) is 11.8. The van der Waals surface area contributed by atoms with Crippen LogP contribution in [-0.2, 0) is 11.8 Å². The fourth-order valence-electron chi connectivity index (χ4n) is 1.73. The van der Waals surface area contributed by atoms with Crippen LogP contribution in [0.4, 0.5) is 11.6 Å². The van der Waals surface area contributed by atoms with Crippen molar-refractivity contribution >= 4 is 17.5 Å². The molecular weight excluding hydrogens is 250 g/mol. The lowest BCUT2D eigenvalue weighted by Crippen LogP contribution is -2.45. The lowest BCUT2D eigenvalue weighted by Gasteiger charge is -2.23. The first-order valence-electron chi connectivity index (χ1n) is 5.79. The van der Waals surface area contributed by atoms with Crippen molar-refractivity contribution in [3.05, 3.63) is 16.4 Å². The first kappa shape index (κ1) is 14.9. The molecule has 0 bridgehead atoms. The number of hydrogen-bond acceptors (Lipinski definition) is 5. The minimum atomic E-state index is -0.562. The van der Waals surface area contributed by atoms with E-state index in [1.165, 1.54) is 15.8 Å². The molecule has 1 rings (SSSR count). The Balaban J connectivity index is 2.84. The maximum Gasteiger partial charge on any atom is 0.406 e. The van der Waals surface area contributed by atoms with Crippen molar-refractivity contribution in [3.8, 4) is 0 Å². The van der Waals surface area contributed by atoms with E-state index in [1.807, 2.05) is 20.8 Å². The first-order chi connectivity index (χ1) is 8.61. The lowest BCUT2D eigenvalue weighted by atomic mass is 10.1. The molecule has 0 aliphatic carbocycles. The molecule has 0 saturated carbocycles. The Morgan fingerprint density at radius 1 is 1.58 bits per heavy atom. The third-order valence-corrected chi connectivity index (χ3v) is 2.32. The molecule has 0 unspecified atom stereocenters. The molecule has 8 heteroatoms. The molecule has 1 N–H and O–H groups in total. The SMILES string of the molecule is CN(CC(=O)NC(C)(C)C)c1c([N+](=O)[O-])ncn1C. The van der Waals surface area contributed by atoms with Crippen LogP contribution in [-0.4, -0.2) is 39.5 Å². The Morgan fingerprint density at radius 2 is 2.16 bits per heavy atom. The van der Waals surface area contributed by atoms with Gasteiger partial charge in [-0.05, 0) is 30.7 Å². The number of likely N-dealkylation sites (N-methyl/N-ethyl adjacent to an activating group) is 1. The largest absolute Gasteiger partial charge is 0.406 e. The second-order valence-corrected chi connectivity index (χ2v) is 5.41. The molecule has 1 aromatic heterocycles. The lowest BCUT2D eigenvalue weighted by molar-refractivity contribution is -0.388. The molecule has 0 radical (unpaired) electrons. The highest BCUT2D eigenvalue weighted by atomic mass is 16.6. The number of nitrogens with one attached hydrogen (secondary N) is 1. The molecule has 106 valence electrons. The number of aromatic nitrogens is 2. The van der Waals surface area contributed by atoms with Crippen LogP contribution in [0.3, 0.4) is 0 Å². The highest BCUT2D eigenvalue weighted by molar-refractivity contribution is 5.82. The van der Waals surface area contributed by atoms with E-state index in [2.05, 4.69) is 10.3 Å². The highest BCUT2D eigenvalue weighted by Gasteiger charge is 2.25. The second kappa shape index (κ2) is 5.25. The third-order valence-electron chi connectivity index (χ3n) is 2.32. The van der Waals surface area contributed by atoms with Crippen LogP contribution in [0.25, 0.3) is 0 Å². The van der Waals surface area contributed by atoms with Gasteiger partial charge < -0.3 is 20.3 Å². The summed E-state index contributed by atoms with van der Waals surface area (Å²) in [6.45, 7) is 5.64. The van der Waals surface area contributed by atoms with Gasteiger partial charge in [-0.2, -0.15) is 0 Å². The van der Waals surface area contributed by atoms with Gasteiger partial charge >= 0.3 is 5.82 Å². The summed E-state index contributed by atoms with van der Waals surface area (Å²) < 4.78 is 1.52. The molecule has 0 aliphatic heterocycles. The van der Waals surface area contributed by atoms with Gasteiger partial charge in [0.25, 0.3) is 0 Å². The second-order valence-electron chi connectivity index (χ2n) is 5.41. The number of imidazole rings is 1. The summed E-state index contributed by atoms with van der Waals surface area (Å²) in [6, 6.07) is 0. The third kappa shape index (κ3) is 3.94. The van der Waals surface area contributed by atoms with Crippen molar-refractivity contribution in [3.63, 3.8) is 0 Å². The van der Waals surface area contributed by atoms with Crippen molar-refractivity contribution in [2.45, 2.75) is 26.3 Å². The van der Waals surface area contributed by atoms with E-state index in [4.69, 9.17) is 0 Å². The molecule has 19 heavy (non-hydrogen) atoms. The van der Waals surface area contributed by atoms with Crippen molar-refractivity contribution < 1.29 is 9.72 Å². The summed E-state index contributed by atoms with van der Waals surface area (Å²) in [7, 11) is 3.26. The Labute approximate surface area is 111 Å². The normalized spacial score (nSPS) is 11.2. The fourth-order valence-corrected chi connectivity index (χ4v) is 1.73. The number of carbonyl (C=O) groups excluding carboxylic acids is 1. The summed E-state index contributed by atoms with van der Waals surface area (Å²) in [5.41, 5.74) is -0.337. The Kier molecular flexibility index (Phi) is 4.13. The molecule has 0 atom stereocenters. The van der Waals surface area contributed by atoms with Gasteiger partial charge in [-0.25, -0.2) is 0 Å². The zero-order chi connectivity index (χ0) is 14.8. The minimum absolute atomic E-state index is 0.0254. The van der Waals surface area contributed by atoms with Gasteiger partial charge in [0.2, 0.25) is 18.1 Å². The average molecular weight is 269 g/mol. The summed E-state index contributed by atoms with van der Waals surface area (Å²) in [6.07, 6.45) is 1.35. The molecule has 1 amide bonds. The summed E-state index contributed by atoms with van der Waals surface area (Å²) in [4.78, 5) is 27.3. The van der Waals surface area contributed by atoms with E-state index in [0.29, 0.717) is 5.82 Å². The van der Waals surface area contributed by atoms with E-state index in [0.717, 1.165) is 0 Å². The number of nitro groups is 1. The fraction of sp³-hybridized carbons (Fsp3) is 0.636. The molecule has 0 fully saturated rings. The van der Waals surface area contributed by atoms with Crippen LogP contribution in [0.15, 0.2) is 6.33 Å². The van der Waals surface area contributed by atoms with Crippen molar-refractivity contribution in [1.29, 1.82) is 0 Å². The summed E-state index contributed by atoms with van der Waals surface area (Å²) in [5.74, 6) is -0.159. The van der Waals surface area contributed by atoms with Crippen LogP contribution in [0.2, 0.25) is 0 Å². The van der Waals surface area contributed by atoms with Gasteiger partial charge in [0, 0.05) is 19.6 Å². The molecule has 8 nitrogen and oxygen atoms in total. The van der Waals surface area contributed by atoms with Crippen LogP contribution in [0, 0.1) is 10.1 Å². The number of hydrogen-bond donors (Lipinski definition) is 1. The highest BCUT2D eigenvalue weighted by Crippen LogP contribution is 2.24. The van der Waals surface area contributed by atoms with E-state index < -0.39 is 4.92 Å². The summed E-state index contributed by atoms with van der Waals surface area (Å²) >= 11 is 0. The van der Waals surface area contributed by atoms with Crippen LogP contribution >= 0.6 is 0 Å². The van der Waals surface area contributed by atoms with E-state index >= 15 is 0 Å². The standard InChI is InChI=1S/C11H19N5O3/c1-11(2,3)13-8(17)6-14(4)10-9(16(18)19)12-7-15(10)5/h7H,6H2,1-5H3,(H,13,17). The maximum atomic E-state index is 11.8. The zero-order valence-corrected chi connectivity index (χ0v) is 11.8. The Bertz CT molecular complexity index is 489. The van der Waals surface area contributed by atoms with E-state index in [1.54, 1.807) is 14.1 Å². The molecule has 0 aromatic carbocycles. The minimum Gasteiger partial charge on any atom is -0.358 e. The van der Waals surface area contributed by atoms with E-state index in [-0.39, 0.29) is 23.8 Å². The maximum absolute atomic E-state index is 11.8. The van der Waals surface area contributed by atoms with Crippen LogP contribution in [0.1, 0.15) is 20.8 Å².